The van der Waals surface area contributed by atoms with Crippen LogP contribution in [0.5, 0.6) is 0 Å². The molecule has 2 N–H and O–H groups in total. The number of amides is 2. The Morgan fingerprint density at radius 3 is 2.73 bits per heavy atom. The molecule has 0 unspecified atom stereocenters. The fraction of sp³-hybridized carbons (Fsp3) is 0.500. The molecule has 0 saturated carbocycles. The van der Waals surface area contributed by atoms with Crippen molar-refractivity contribution in [1.29, 1.82) is 0 Å². The third-order valence-electron chi connectivity index (χ3n) is 5.08. The van der Waals surface area contributed by atoms with E-state index in [2.05, 4.69) is 29.4 Å². The Hall–Kier alpha value is -2.50. The number of piperidine rings is 1. The lowest BCUT2D eigenvalue weighted by Crippen LogP contribution is -2.46. The van der Waals surface area contributed by atoms with Crippen LogP contribution in [-0.4, -0.2) is 48.1 Å². The predicted octanol–water partition coefficient (Wildman–Crippen LogP) is 3.00. The first-order valence-electron chi connectivity index (χ1n) is 9.35. The van der Waals surface area contributed by atoms with Gasteiger partial charge in [0.1, 0.15) is 0 Å². The van der Waals surface area contributed by atoms with E-state index in [4.69, 9.17) is 4.74 Å². The SMILES string of the molecule is CCOC(=O)C1CCN(C(=O)NCCc2c(C)[nH]c3ccccc23)CC1. The summed E-state index contributed by atoms with van der Waals surface area (Å²) in [6, 6.07) is 8.17. The third kappa shape index (κ3) is 4.00. The number of aryl methyl sites for hydroxylation is 1. The van der Waals surface area contributed by atoms with Gasteiger partial charge in [-0.1, -0.05) is 18.2 Å². The second kappa shape index (κ2) is 8.25. The van der Waals surface area contributed by atoms with Crippen LogP contribution in [0.4, 0.5) is 4.79 Å². The third-order valence-corrected chi connectivity index (χ3v) is 5.08. The van der Waals surface area contributed by atoms with Gasteiger partial charge in [0.25, 0.3) is 0 Å². The first-order chi connectivity index (χ1) is 12.6. The highest BCUT2D eigenvalue weighted by Gasteiger charge is 2.28. The summed E-state index contributed by atoms with van der Waals surface area (Å²) in [6.07, 6.45) is 2.14. The quantitative estimate of drug-likeness (QED) is 0.808. The van der Waals surface area contributed by atoms with Crippen molar-refractivity contribution in [2.75, 3.05) is 26.2 Å². The molecule has 3 rings (SSSR count). The maximum absolute atomic E-state index is 12.4. The second-order valence-electron chi connectivity index (χ2n) is 6.77. The van der Waals surface area contributed by atoms with Gasteiger partial charge in [0, 0.05) is 36.2 Å². The Labute approximate surface area is 153 Å². The van der Waals surface area contributed by atoms with Gasteiger partial charge in [-0.05, 0) is 44.7 Å². The van der Waals surface area contributed by atoms with Crippen molar-refractivity contribution in [2.45, 2.75) is 33.1 Å². The van der Waals surface area contributed by atoms with Crippen LogP contribution in [-0.2, 0) is 16.0 Å². The highest BCUT2D eigenvalue weighted by atomic mass is 16.5. The van der Waals surface area contributed by atoms with Crippen LogP contribution >= 0.6 is 0 Å². The van der Waals surface area contributed by atoms with E-state index in [1.807, 2.05) is 19.1 Å². The summed E-state index contributed by atoms with van der Waals surface area (Å²) >= 11 is 0. The average molecular weight is 357 g/mol. The molecule has 2 amide bonds. The predicted molar refractivity (Wildman–Crippen MR) is 101 cm³/mol. The molecule has 1 aromatic heterocycles. The number of carbonyl (C=O) groups excluding carboxylic acids is 2. The molecule has 0 bridgehead atoms. The van der Waals surface area contributed by atoms with Gasteiger partial charge in [-0.15, -0.1) is 0 Å². The van der Waals surface area contributed by atoms with Gasteiger partial charge < -0.3 is 19.9 Å². The van der Waals surface area contributed by atoms with E-state index < -0.39 is 0 Å². The van der Waals surface area contributed by atoms with Crippen molar-refractivity contribution >= 4 is 22.9 Å². The van der Waals surface area contributed by atoms with E-state index in [0.717, 1.165) is 17.6 Å². The van der Waals surface area contributed by atoms with Gasteiger partial charge >= 0.3 is 12.0 Å². The van der Waals surface area contributed by atoms with E-state index in [-0.39, 0.29) is 17.9 Å². The number of benzene rings is 1. The summed E-state index contributed by atoms with van der Waals surface area (Å²) < 4.78 is 5.07. The number of H-pyrrole nitrogens is 1. The molecule has 140 valence electrons. The number of hydrogen-bond donors (Lipinski definition) is 2. The molecule has 1 aliphatic heterocycles. The number of hydrogen-bond acceptors (Lipinski definition) is 3. The summed E-state index contributed by atoms with van der Waals surface area (Å²) in [5.41, 5.74) is 3.53. The summed E-state index contributed by atoms with van der Waals surface area (Å²) in [5, 5.41) is 4.23. The van der Waals surface area contributed by atoms with E-state index in [1.165, 1.54) is 10.9 Å². The number of fused-ring (bicyclic) bond motifs is 1. The minimum atomic E-state index is -0.137. The zero-order valence-corrected chi connectivity index (χ0v) is 15.5. The zero-order valence-electron chi connectivity index (χ0n) is 15.5. The maximum atomic E-state index is 12.4. The van der Waals surface area contributed by atoms with Gasteiger partial charge in [-0.25, -0.2) is 4.79 Å². The van der Waals surface area contributed by atoms with Crippen molar-refractivity contribution in [3.63, 3.8) is 0 Å². The lowest BCUT2D eigenvalue weighted by Gasteiger charge is -2.30. The van der Waals surface area contributed by atoms with E-state index in [1.54, 1.807) is 4.90 Å². The summed E-state index contributed by atoms with van der Waals surface area (Å²) in [5.74, 6) is -0.213. The Kier molecular flexibility index (Phi) is 5.81. The molecular weight excluding hydrogens is 330 g/mol. The first kappa shape index (κ1) is 18.3. The number of urea groups is 1. The van der Waals surface area contributed by atoms with Crippen LogP contribution in [0.15, 0.2) is 24.3 Å². The van der Waals surface area contributed by atoms with E-state index in [0.29, 0.717) is 39.1 Å². The molecule has 1 aliphatic rings. The lowest BCUT2D eigenvalue weighted by molar-refractivity contribution is -0.149. The second-order valence-corrected chi connectivity index (χ2v) is 6.77. The Bertz CT molecular complexity index is 776. The molecule has 26 heavy (non-hydrogen) atoms. The van der Waals surface area contributed by atoms with Crippen LogP contribution < -0.4 is 5.32 Å². The van der Waals surface area contributed by atoms with Crippen molar-refractivity contribution in [3.8, 4) is 0 Å². The van der Waals surface area contributed by atoms with Crippen LogP contribution in [0.2, 0.25) is 0 Å². The number of likely N-dealkylation sites (tertiary alicyclic amines) is 1. The molecule has 0 radical (unpaired) electrons. The number of carbonyl (C=O) groups is 2. The molecule has 1 fully saturated rings. The fourth-order valence-corrected chi connectivity index (χ4v) is 3.64. The number of aromatic nitrogens is 1. The molecule has 0 aliphatic carbocycles. The van der Waals surface area contributed by atoms with Crippen molar-refractivity contribution in [2.24, 2.45) is 5.92 Å². The largest absolute Gasteiger partial charge is 0.466 e. The first-order valence-corrected chi connectivity index (χ1v) is 9.35. The van der Waals surface area contributed by atoms with Crippen LogP contribution in [0.3, 0.4) is 0 Å². The monoisotopic (exact) mass is 357 g/mol. The van der Waals surface area contributed by atoms with Gasteiger partial charge in [-0.2, -0.15) is 0 Å². The van der Waals surface area contributed by atoms with Gasteiger partial charge in [0.15, 0.2) is 0 Å². The lowest BCUT2D eigenvalue weighted by atomic mass is 9.97. The number of ether oxygens (including phenoxy) is 1. The summed E-state index contributed by atoms with van der Waals surface area (Å²) in [6.45, 7) is 6.09. The minimum Gasteiger partial charge on any atom is -0.466 e. The van der Waals surface area contributed by atoms with Crippen molar-refractivity contribution in [3.05, 3.63) is 35.5 Å². The Morgan fingerprint density at radius 1 is 1.27 bits per heavy atom. The zero-order chi connectivity index (χ0) is 18.5. The Balaban J connectivity index is 1.47. The summed E-state index contributed by atoms with van der Waals surface area (Å²) in [4.78, 5) is 29.3. The van der Waals surface area contributed by atoms with Crippen LogP contribution in [0.25, 0.3) is 10.9 Å². The topological polar surface area (TPSA) is 74.4 Å². The van der Waals surface area contributed by atoms with Crippen molar-refractivity contribution < 1.29 is 14.3 Å². The maximum Gasteiger partial charge on any atom is 0.317 e. The smallest absolute Gasteiger partial charge is 0.317 e. The molecule has 1 saturated heterocycles. The van der Waals surface area contributed by atoms with Crippen LogP contribution in [0.1, 0.15) is 31.0 Å². The molecular formula is C20H27N3O3. The number of rotatable bonds is 5. The van der Waals surface area contributed by atoms with E-state index in [9.17, 15) is 9.59 Å². The standard InChI is InChI=1S/C20H27N3O3/c1-3-26-19(24)15-9-12-23(13-10-15)20(25)21-11-8-16-14(2)22-18-7-5-4-6-17(16)18/h4-7,15,22H,3,8-13H2,1-2H3,(H,21,25). The number of aromatic amines is 1. The highest BCUT2D eigenvalue weighted by molar-refractivity contribution is 5.84. The summed E-state index contributed by atoms with van der Waals surface area (Å²) in [7, 11) is 0. The average Bonchev–Trinajstić information content (AvgIpc) is 2.97. The highest BCUT2D eigenvalue weighted by Crippen LogP contribution is 2.22. The van der Waals surface area contributed by atoms with E-state index >= 15 is 0 Å². The molecule has 6 heteroatoms. The fourth-order valence-electron chi connectivity index (χ4n) is 3.64. The molecule has 0 spiro atoms. The number of para-hydroxylation sites is 1. The molecule has 6 nitrogen and oxygen atoms in total. The number of nitrogens with zero attached hydrogens (tertiary/aromatic N) is 1. The van der Waals surface area contributed by atoms with Crippen LogP contribution in [0, 0.1) is 12.8 Å². The normalized spacial score (nSPS) is 15.2. The van der Waals surface area contributed by atoms with Gasteiger partial charge in [0.2, 0.25) is 0 Å². The molecule has 2 heterocycles. The van der Waals surface area contributed by atoms with Gasteiger partial charge in [-0.3, -0.25) is 4.79 Å². The van der Waals surface area contributed by atoms with Crippen molar-refractivity contribution in [1.82, 2.24) is 15.2 Å². The number of esters is 1. The molecule has 1 aromatic carbocycles. The molecule has 0 atom stereocenters. The molecule has 2 aromatic rings. The minimum absolute atomic E-state index is 0.0511. The van der Waals surface area contributed by atoms with Gasteiger partial charge in [0.05, 0.1) is 12.5 Å². The number of nitrogens with one attached hydrogen (secondary N) is 2. The Morgan fingerprint density at radius 2 is 2.00 bits per heavy atom.